The fourth-order valence-electron chi connectivity index (χ4n) is 3.09. The molecule has 0 aromatic heterocycles. The smallest absolute Gasteiger partial charge is 0.415 e. The molecular weight excluding hydrogens is 349 g/mol. The number of amides is 1. The van der Waals surface area contributed by atoms with E-state index in [0.29, 0.717) is 10.4 Å². The molecule has 3 rings (SSSR count). The Morgan fingerprint density at radius 3 is 2.59 bits per heavy atom. The Hall–Kier alpha value is -1.10. The van der Waals surface area contributed by atoms with Crippen LogP contribution in [0.1, 0.15) is 45.6 Å². The first-order valence-electron chi connectivity index (χ1n) is 7.76. The molecule has 1 saturated carbocycles. The molecule has 1 aromatic carbocycles. The maximum atomic E-state index is 13.8. The van der Waals surface area contributed by atoms with E-state index in [-0.39, 0.29) is 18.0 Å². The lowest BCUT2D eigenvalue weighted by molar-refractivity contribution is 0.0556. The second-order valence-corrected chi connectivity index (χ2v) is 8.04. The highest BCUT2D eigenvalue weighted by atomic mass is 79.9. The largest absolute Gasteiger partial charge is 0.443 e. The zero-order valence-electron chi connectivity index (χ0n) is 13.2. The van der Waals surface area contributed by atoms with Gasteiger partial charge in [-0.25, -0.2) is 9.18 Å². The molecule has 1 fully saturated rings. The van der Waals surface area contributed by atoms with E-state index < -0.39 is 5.60 Å². The highest BCUT2D eigenvalue weighted by molar-refractivity contribution is 9.10. The minimum atomic E-state index is -0.542. The van der Waals surface area contributed by atoms with Crippen molar-refractivity contribution in [3.05, 3.63) is 28.0 Å². The summed E-state index contributed by atoms with van der Waals surface area (Å²) in [6.07, 6.45) is 3.66. The molecule has 1 aromatic rings. The van der Waals surface area contributed by atoms with Crippen molar-refractivity contribution in [2.75, 3.05) is 4.90 Å². The summed E-state index contributed by atoms with van der Waals surface area (Å²) in [5, 5.41) is 0. The number of hydrogen-bond acceptors (Lipinski definition) is 2. The minimum absolute atomic E-state index is 0.166. The van der Waals surface area contributed by atoms with Gasteiger partial charge >= 0.3 is 6.09 Å². The molecular formula is C17H21BrFNO2. The summed E-state index contributed by atoms with van der Waals surface area (Å²) in [6, 6.07) is 3.41. The van der Waals surface area contributed by atoms with Crippen molar-refractivity contribution in [3.63, 3.8) is 0 Å². The lowest BCUT2D eigenvalue weighted by Gasteiger charge is -2.38. The van der Waals surface area contributed by atoms with E-state index in [4.69, 9.17) is 4.74 Å². The Labute approximate surface area is 139 Å². The number of nitrogens with zero attached hydrogens (tertiary/aromatic N) is 1. The van der Waals surface area contributed by atoms with Crippen LogP contribution in [0.2, 0.25) is 0 Å². The molecule has 0 bridgehead atoms. The normalized spacial score (nSPS) is 21.5. The van der Waals surface area contributed by atoms with Crippen molar-refractivity contribution in [3.8, 4) is 0 Å². The van der Waals surface area contributed by atoms with Gasteiger partial charge in [0.2, 0.25) is 0 Å². The zero-order chi connectivity index (χ0) is 16.1. The molecule has 0 spiro atoms. The summed E-state index contributed by atoms with van der Waals surface area (Å²) in [4.78, 5) is 14.5. The Bertz CT molecular complexity index is 607. The lowest BCUT2D eigenvalue weighted by Crippen LogP contribution is -2.47. The van der Waals surface area contributed by atoms with Crippen molar-refractivity contribution in [2.45, 2.75) is 58.1 Å². The van der Waals surface area contributed by atoms with Gasteiger partial charge in [-0.15, -0.1) is 0 Å². The number of hydrogen-bond donors (Lipinski definition) is 0. The number of carbonyl (C=O) groups is 1. The predicted octanol–water partition coefficient (Wildman–Crippen LogP) is 5.05. The highest BCUT2D eigenvalue weighted by Crippen LogP contribution is 2.44. The molecule has 0 radical (unpaired) electrons. The fraction of sp³-hybridized carbons (Fsp3) is 0.588. The fourth-order valence-corrected chi connectivity index (χ4v) is 3.42. The minimum Gasteiger partial charge on any atom is -0.443 e. The summed E-state index contributed by atoms with van der Waals surface area (Å²) in [5.41, 5.74) is 1.12. The van der Waals surface area contributed by atoms with E-state index >= 15 is 0 Å². The molecule has 3 nitrogen and oxygen atoms in total. The molecule has 120 valence electrons. The van der Waals surface area contributed by atoms with Gasteiger partial charge in [-0.3, -0.25) is 4.90 Å². The van der Waals surface area contributed by atoms with Gasteiger partial charge in [0.25, 0.3) is 0 Å². The number of carbonyl (C=O) groups excluding carboxylic acids is 1. The first-order chi connectivity index (χ1) is 10.3. The second-order valence-electron chi connectivity index (χ2n) is 7.19. The van der Waals surface area contributed by atoms with Crippen LogP contribution in [0.15, 0.2) is 16.6 Å². The predicted molar refractivity (Wildman–Crippen MR) is 87.6 cm³/mol. The molecule has 1 amide bonds. The molecule has 22 heavy (non-hydrogen) atoms. The molecule has 1 unspecified atom stereocenters. The van der Waals surface area contributed by atoms with Gasteiger partial charge < -0.3 is 4.74 Å². The Kier molecular flexibility index (Phi) is 3.96. The van der Waals surface area contributed by atoms with Gasteiger partial charge in [-0.2, -0.15) is 0 Å². The second kappa shape index (κ2) is 5.52. The van der Waals surface area contributed by atoms with Gasteiger partial charge in [-0.05, 0) is 86.0 Å². The monoisotopic (exact) mass is 369 g/mol. The summed E-state index contributed by atoms with van der Waals surface area (Å²) < 4.78 is 19.8. The quantitative estimate of drug-likeness (QED) is 0.692. The van der Waals surface area contributed by atoms with E-state index in [1.807, 2.05) is 20.8 Å². The van der Waals surface area contributed by atoms with Crippen LogP contribution in [-0.4, -0.2) is 17.7 Å². The topological polar surface area (TPSA) is 29.5 Å². The van der Waals surface area contributed by atoms with Crippen LogP contribution in [0.5, 0.6) is 0 Å². The summed E-state index contributed by atoms with van der Waals surface area (Å²) >= 11 is 3.23. The maximum Gasteiger partial charge on any atom is 0.415 e. The number of halogens is 2. The van der Waals surface area contributed by atoms with Crippen LogP contribution < -0.4 is 4.90 Å². The van der Waals surface area contributed by atoms with Crippen molar-refractivity contribution in [2.24, 2.45) is 5.92 Å². The van der Waals surface area contributed by atoms with E-state index in [9.17, 15) is 9.18 Å². The van der Waals surface area contributed by atoms with E-state index in [1.165, 1.54) is 6.07 Å². The lowest BCUT2D eigenvalue weighted by atomic mass is 9.93. The van der Waals surface area contributed by atoms with Crippen LogP contribution in [0.4, 0.5) is 14.9 Å². The third-order valence-corrected chi connectivity index (χ3v) is 4.79. The summed E-state index contributed by atoms with van der Waals surface area (Å²) in [6.45, 7) is 5.59. The van der Waals surface area contributed by atoms with Gasteiger partial charge in [0.15, 0.2) is 0 Å². The van der Waals surface area contributed by atoms with Crippen molar-refractivity contribution >= 4 is 27.7 Å². The highest BCUT2D eigenvalue weighted by Gasteiger charge is 2.42. The number of anilines is 1. The van der Waals surface area contributed by atoms with Gasteiger partial charge in [0, 0.05) is 6.04 Å². The SMILES string of the molecule is CC(C)(C)OC(=O)N1c2cc(Br)c(F)cc2CCC1C1CC1. The molecule has 2 aliphatic rings. The maximum absolute atomic E-state index is 13.8. The molecule has 0 N–H and O–H groups in total. The van der Waals surface area contributed by atoms with E-state index in [0.717, 1.165) is 36.9 Å². The molecule has 1 heterocycles. The van der Waals surface area contributed by atoms with Crippen LogP contribution >= 0.6 is 15.9 Å². The Morgan fingerprint density at radius 2 is 2.00 bits per heavy atom. The average molecular weight is 370 g/mol. The van der Waals surface area contributed by atoms with Crippen molar-refractivity contribution in [1.29, 1.82) is 0 Å². The number of benzene rings is 1. The van der Waals surface area contributed by atoms with Gasteiger partial charge in [-0.1, -0.05) is 0 Å². The van der Waals surface area contributed by atoms with Crippen LogP contribution in [0.3, 0.4) is 0 Å². The van der Waals surface area contributed by atoms with Crippen LogP contribution in [-0.2, 0) is 11.2 Å². The molecule has 1 aliphatic carbocycles. The van der Waals surface area contributed by atoms with Gasteiger partial charge in [0.1, 0.15) is 11.4 Å². The van der Waals surface area contributed by atoms with Crippen LogP contribution in [0.25, 0.3) is 0 Å². The molecule has 5 heteroatoms. The van der Waals surface area contributed by atoms with Crippen LogP contribution in [0, 0.1) is 11.7 Å². The van der Waals surface area contributed by atoms with Gasteiger partial charge in [0.05, 0.1) is 10.2 Å². The molecule has 1 aliphatic heterocycles. The number of rotatable bonds is 1. The average Bonchev–Trinajstić information content (AvgIpc) is 3.21. The number of ether oxygens (including phenoxy) is 1. The number of aryl methyl sites for hydroxylation is 1. The third kappa shape index (κ3) is 3.14. The number of fused-ring (bicyclic) bond motifs is 1. The first-order valence-corrected chi connectivity index (χ1v) is 8.56. The third-order valence-electron chi connectivity index (χ3n) is 4.18. The summed E-state index contributed by atoms with van der Waals surface area (Å²) in [5.74, 6) is 0.261. The Balaban J connectivity index is 1.99. The first kappa shape index (κ1) is 15.8. The van der Waals surface area contributed by atoms with E-state index in [2.05, 4.69) is 15.9 Å². The molecule has 0 saturated heterocycles. The standard InChI is InChI=1S/C17H21BrFNO2/c1-17(2,3)22-16(21)20-14(10-4-5-10)7-6-11-8-13(19)12(18)9-15(11)20/h8-10,14H,4-7H2,1-3H3. The van der Waals surface area contributed by atoms with Crippen molar-refractivity contribution in [1.82, 2.24) is 0 Å². The Morgan fingerprint density at radius 1 is 1.32 bits per heavy atom. The molecule has 1 atom stereocenters. The van der Waals surface area contributed by atoms with Crippen molar-refractivity contribution < 1.29 is 13.9 Å². The van der Waals surface area contributed by atoms with E-state index in [1.54, 1.807) is 11.0 Å². The zero-order valence-corrected chi connectivity index (χ0v) is 14.7. The summed E-state index contributed by atoms with van der Waals surface area (Å²) in [7, 11) is 0.